The second-order valence-corrected chi connectivity index (χ2v) is 10.0. The minimum absolute atomic E-state index is 0.120. The quantitative estimate of drug-likeness (QED) is 0.478. The number of aryl methyl sites for hydroxylation is 1. The largest absolute Gasteiger partial charge is 0.477 e. The van der Waals surface area contributed by atoms with Gasteiger partial charge in [-0.2, -0.15) is 15.1 Å². The molecule has 0 spiro atoms. The summed E-state index contributed by atoms with van der Waals surface area (Å²) in [5.41, 5.74) is 0.653. The van der Waals surface area contributed by atoms with E-state index in [1.165, 1.54) is 0 Å². The van der Waals surface area contributed by atoms with Crippen LogP contribution in [0.1, 0.15) is 27.7 Å². The summed E-state index contributed by atoms with van der Waals surface area (Å²) in [6.07, 6.45) is 4.06. The Hall–Kier alpha value is -3.05. The van der Waals surface area contributed by atoms with Gasteiger partial charge in [0.05, 0.1) is 35.0 Å². The lowest BCUT2D eigenvalue weighted by Gasteiger charge is -2.24. The smallest absolute Gasteiger partial charge is 0.410 e. The van der Waals surface area contributed by atoms with Crippen LogP contribution in [0.15, 0.2) is 18.6 Å². The van der Waals surface area contributed by atoms with E-state index in [9.17, 15) is 9.90 Å². The number of aliphatic hydroxyl groups is 1. The SMILES string of the molecule is C[C@H](O)[C@H]1CN(C(=O)OC(C)(C)C)C[C@@H]1COc1nc(Nc2cnn(C)c2)nc2[nH]cc(Cl)c12. The molecule has 3 aromatic rings. The summed E-state index contributed by atoms with van der Waals surface area (Å²) < 4.78 is 13.3. The summed E-state index contributed by atoms with van der Waals surface area (Å²) in [4.78, 5) is 26.2. The van der Waals surface area contributed by atoms with Crippen molar-refractivity contribution in [3.05, 3.63) is 23.6 Å². The molecule has 1 aliphatic rings. The van der Waals surface area contributed by atoms with Crippen molar-refractivity contribution in [2.24, 2.45) is 18.9 Å². The molecule has 0 aliphatic carbocycles. The zero-order valence-corrected chi connectivity index (χ0v) is 20.6. The molecule has 0 radical (unpaired) electrons. The Balaban J connectivity index is 1.53. The van der Waals surface area contributed by atoms with Crippen molar-refractivity contribution < 1.29 is 19.4 Å². The first-order valence-electron chi connectivity index (χ1n) is 11.1. The van der Waals surface area contributed by atoms with Gasteiger partial charge in [-0.1, -0.05) is 11.6 Å². The fraction of sp³-hybridized carbons (Fsp3) is 0.545. The summed E-state index contributed by atoms with van der Waals surface area (Å²) in [5, 5.41) is 18.6. The molecule has 11 nitrogen and oxygen atoms in total. The molecule has 184 valence electrons. The number of halogens is 1. The highest BCUT2D eigenvalue weighted by molar-refractivity contribution is 6.35. The van der Waals surface area contributed by atoms with Gasteiger partial charge in [-0.15, -0.1) is 0 Å². The van der Waals surface area contributed by atoms with Gasteiger partial charge in [-0.25, -0.2) is 4.79 Å². The third kappa shape index (κ3) is 5.36. The Bertz CT molecular complexity index is 1170. The number of aromatic nitrogens is 5. The number of ether oxygens (including phenoxy) is 2. The van der Waals surface area contributed by atoms with E-state index in [-0.39, 0.29) is 18.4 Å². The minimum Gasteiger partial charge on any atom is -0.477 e. The third-order valence-electron chi connectivity index (χ3n) is 5.61. The Kier molecular flexibility index (Phi) is 6.59. The molecule has 3 atom stereocenters. The van der Waals surface area contributed by atoms with Gasteiger partial charge in [0.25, 0.3) is 0 Å². The predicted molar refractivity (Wildman–Crippen MR) is 127 cm³/mol. The molecule has 1 aliphatic heterocycles. The molecule has 0 bridgehead atoms. The number of nitrogens with one attached hydrogen (secondary N) is 2. The number of anilines is 2. The van der Waals surface area contributed by atoms with E-state index in [1.54, 1.807) is 35.1 Å². The van der Waals surface area contributed by atoms with Crippen LogP contribution in [0.4, 0.5) is 16.4 Å². The lowest BCUT2D eigenvalue weighted by atomic mass is 9.92. The fourth-order valence-corrected chi connectivity index (χ4v) is 4.24. The first-order valence-corrected chi connectivity index (χ1v) is 11.5. The standard InChI is InChI=1S/C22H30ClN7O4/c1-12(31)15-10-30(21(32)34-22(2,3)4)8-13(15)11-33-19-17-16(23)7-24-18(17)27-20(28-19)26-14-6-25-29(5)9-14/h6-7,9,12-13,15,31H,8,10-11H2,1-5H3,(H2,24,26,27,28)/t12-,13+,15+/m0/s1. The van der Waals surface area contributed by atoms with Crippen molar-refractivity contribution in [2.75, 3.05) is 25.0 Å². The first-order chi connectivity index (χ1) is 16.0. The second-order valence-electron chi connectivity index (χ2n) is 9.60. The number of hydrogen-bond donors (Lipinski definition) is 3. The van der Waals surface area contributed by atoms with E-state index >= 15 is 0 Å². The Morgan fingerprint density at radius 1 is 1.38 bits per heavy atom. The van der Waals surface area contributed by atoms with Crippen molar-refractivity contribution in [3.8, 4) is 5.88 Å². The maximum absolute atomic E-state index is 12.6. The number of carbonyl (C=O) groups is 1. The van der Waals surface area contributed by atoms with E-state index in [0.717, 1.165) is 5.69 Å². The molecule has 3 N–H and O–H groups in total. The monoisotopic (exact) mass is 491 g/mol. The van der Waals surface area contributed by atoms with Crippen LogP contribution in [-0.2, 0) is 11.8 Å². The maximum Gasteiger partial charge on any atom is 0.410 e. The summed E-state index contributed by atoms with van der Waals surface area (Å²) in [5.74, 6) is 0.343. The number of amides is 1. The third-order valence-corrected chi connectivity index (χ3v) is 5.91. The molecule has 12 heteroatoms. The molecule has 1 fully saturated rings. The van der Waals surface area contributed by atoms with Crippen LogP contribution in [0.25, 0.3) is 11.0 Å². The number of nitrogens with zero attached hydrogens (tertiary/aromatic N) is 5. The number of H-pyrrole nitrogens is 1. The lowest BCUT2D eigenvalue weighted by molar-refractivity contribution is 0.0272. The zero-order chi connectivity index (χ0) is 24.6. The van der Waals surface area contributed by atoms with Crippen molar-refractivity contribution >= 4 is 40.4 Å². The van der Waals surface area contributed by atoms with Gasteiger partial charge in [0, 0.05) is 44.4 Å². The van der Waals surface area contributed by atoms with Gasteiger partial charge in [0.2, 0.25) is 11.8 Å². The Labute approximate surface area is 202 Å². The number of likely N-dealkylation sites (tertiary alicyclic amines) is 1. The molecule has 0 unspecified atom stereocenters. The molecular formula is C22H30ClN7O4. The van der Waals surface area contributed by atoms with Crippen molar-refractivity contribution in [2.45, 2.75) is 39.4 Å². The number of aliphatic hydroxyl groups excluding tert-OH is 1. The van der Waals surface area contributed by atoms with Gasteiger partial charge >= 0.3 is 6.09 Å². The second kappa shape index (κ2) is 9.30. The topological polar surface area (TPSA) is 130 Å². The zero-order valence-electron chi connectivity index (χ0n) is 19.9. The molecular weight excluding hydrogens is 462 g/mol. The predicted octanol–water partition coefficient (Wildman–Crippen LogP) is 3.33. The normalized spacial score (nSPS) is 19.4. The fourth-order valence-electron chi connectivity index (χ4n) is 4.02. The highest BCUT2D eigenvalue weighted by Crippen LogP contribution is 2.33. The molecule has 34 heavy (non-hydrogen) atoms. The summed E-state index contributed by atoms with van der Waals surface area (Å²) in [7, 11) is 1.81. The lowest BCUT2D eigenvalue weighted by Crippen LogP contribution is -2.36. The molecule has 4 rings (SSSR count). The van der Waals surface area contributed by atoms with E-state index in [2.05, 4.69) is 25.4 Å². The number of carbonyl (C=O) groups excluding carboxylic acids is 1. The van der Waals surface area contributed by atoms with E-state index in [1.807, 2.05) is 27.8 Å². The maximum atomic E-state index is 12.6. The van der Waals surface area contributed by atoms with Crippen LogP contribution >= 0.6 is 11.6 Å². The van der Waals surface area contributed by atoms with Crippen molar-refractivity contribution in [3.63, 3.8) is 0 Å². The first kappa shape index (κ1) is 24.1. The molecule has 1 amide bonds. The molecule has 1 saturated heterocycles. The summed E-state index contributed by atoms with van der Waals surface area (Å²) in [6, 6.07) is 0. The van der Waals surface area contributed by atoms with E-state index in [0.29, 0.717) is 41.0 Å². The van der Waals surface area contributed by atoms with Gasteiger partial charge in [-0.3, -0.25) is 4.68 Å². The summed E-state index contributed by atoms with van der Waals surface area (Å²) in [6.45, 7) is 8.22. The molecule has 0 saturated carbocycles. The van der Waals surface area contributed by atoms with Crippen molar-refractivity contribution in [1.29, 1.82) is 0 Å². The van der Waals surface area contributed by atoms with Crippen LogP contribution in [0.5, 0.6) is 5.88 Å². The van der Waals surface area contributed by atoms with Crippen LogP contribution in [-0.4, -0.2) is 72.2 Å². The van der Waals surface area contributed by atoms with Gasteiger partial charge in [-0.05, 0) is 27.7 Å². The van der Waals surface area contributed by atoms with Gasteiger partial charge in [0.1, 0.15) is 11.2 Å². The Morgan fingerprint density at radius 3 is 2.79 bits per heavy atom. The Morgan fingerprint density at radius 2 is 2.15 bits per heavy atom. The number of fused-ring (bicyclic) bond motifs is 1. The van der Waals surface area contributed by atoms with Crippen molar-refractivity contribution in [1.82, 2.24) is 29.6 Å². The highest BCUT2D eigenvalue weighted by Gasteiger charge is 2.40. The molecule has 4 heterocycles. The van der Waals surface area contributed by atoms with Crippen LogP contribution in [0.3, 0.4) is 0 Å². The van der Waals surface area contributed by atoms with Crippen LogP contribution in [0, 0.1) is 11.8 Å². The van der Waals surface area contributed by atoms with Gasteiger partial charge in [0.15, 0.2) is 0 Å². The van der Waals surface area contributed by atoms with Crippen LogP contribution in [0.2, 0.25) is 5.02 Å². The highest BCUT2D eigenvalue weighted by atomic mass is 35.5. The van der Waals surface area contributed by atoms with Crippen LogP contribution < -0.4 is 10.1 Å². The molecule has 0 aromatic carbocycles. The molecule has 3 aromatic heterocycles. The average Bonchev–Trinajstić information content (AvgIpc) is 3.44. The number of aromatic amines is 1. The minimum atomic E-state index is -0.620. The summed E-state index contributed by atoms with van der Waals surface area (Å²) >= 11 is 6.36. The average molecular weight is 492 g/mol. The van der Waals surface area contributed by atoms with E-state index in [4.69, 9.17) is 21.1 Å². The van der Waals surface area contributed by atoms with E-state index < -0.39 is 17.8 Å². The number of rotatable bonds is 6. The number of hydrogen-bond acceptors (Lipinski definition) is 8. The van der Waals surface area contributed by atoms with Gasteiger partial charge < -0.3 is 29.8 Å².